The third kappa shape index (κ3) is 11.8. The van der Waals surface area contributed by atoms with Crippen LogP contribution in [0.1, 0.15) is 20.7 Å². The Balaban J connectivity index is 0.000000196. The van der Waals surface area contributed by atoms with Crippen LogP contribution < -0.4 is 51.2 Å². The molecule has 0 unspecified atom stereocenters. The zero-order chi connectivity index (χ0) is 46.4. The number of ether oxygens (including phenoxy) is 4. The van der Waals surface area contributed by atoms with Crippen molar-refractivity contribution in [1.29, 1.82) is 0 Å². The van der Waals surface area contributed by atoms with Gasteiger partial charge in [-0.15, -0.1) is 0 Å². The van der Waals surface area contributed by atoms with E-state index in [9.17, 15) is 9.59 Å². The Labute approximate surface area is 392 Å². The van der Waals surface area contributed by atoms with Gasteiger partial charge in [0.15, 0.2) is 11.6 Å². The van der Waals surface area contributed by atoms with Crippen molar-refractivity contribution < 1.29 is 28.5 Å². The van der Waals surface area contributed by atoms with Gasteiger partial charge in [0.25, 0.3) is 11.8 Å². The number of hydrogen-bond donors (Lipinski definition) is 6. The highest BCUT2D eigenvalue weighted by Gasteiger charge is 2.18. The van der Waals surface area contributed by atoms with Gasteiger partial charge in [0, 0.05) is 63.8 Å². The number of benzene rings is 4. The number of rotatable bonds is 14. The first-order chi connectivity index (χ1) is 32.2. The third-order valence-electron chi connectivity index (χ3n) is 10.4. The first-order valence-electron chi connectivity index (χ1n) is 20.9. The standard InChI is InChI=1S/2C23H25ClN6O3/c2*1-25-22(31)16-5-3-4-6-18(16)27-21-17(24)14-26-23(29-21)28-19-8-7-15(13-20(19)32-2)30-9-11-33-12-10-30/h2*3-8,13-14H,9-12H2,1-2H3,(H,25,31)(H2,26,27,28,29). The maximum atomic E-state index is 12.2. The molecule has 18 nitrogen and oxygen atoms in total. The zero-order valence-electron chi connectivity index (χ0n) is 36.8. The van der Waals surface area contributed by atoms with Crippen LogP contribution in [0.4, 0.5) is 57.7 Å². The Morgan fingerprint density at radius 3 is 1.33 bits per heavy atom. The lowest BCUT2D eigenvalue weighted by Gasteiger charge is -2.29. The van der Waals surface area contributed by atoms with Crippen LogP contribution in [-0.4, -0.2) is 113 Å². The predicted molar refractivity (Wildman–Crippen MR) is 259 cm³/mol. The van der Waals surface area contributed by atoms with Crippen molar-refractivity contribution in [2.75, 3.05) is 112 Å². The first-order valence-corrected chi connectivity index (χ1v) is 21.7. The molecule has 8 rings (SSSR count). The summed E-state index contributed by atoms with van der Waals surface area (Å²) in [5.74, 6) is 2.30. The second-order valence-corrected chi connectivity index (χ2v) is 15.3. The van der Waals surface area contributed by atoms with Gasteiger partial charge >= 0.3 is 0 Å². The van der Waals surface area contributed by atoms with Gasteiger partial charge in [-0.2, -0.15) is 9.97 Å². The van der Waals surface area contributed by atoms with Crippen molar-refractivity contribution in [2.45, 2.75) is 0 Å². The second-order valence-electron chi connectivity index (χ2n) is 14.5. The van der Waals surface area contributed by atoms with Gasteiger partial charge in [-0.1, -0.05) is 47.5 Å². The molecular formula is C46H50Cl2N12O6. The zero-order valence-corrected chi connectivity index (χ0v) is 38.3. The summed E-state index contributed by atoms with van der Waals surface area (Å²) in [5, 5.41) is 18.5. The molecule has 20 heteroatoms. The fraction of sp³-hybridized carbons (Fsp3) is 0.261. The van der Waals surface area contributed by atoms with E-state index in [1.807, 2.05) is 48.5 Å². The maximum Gasteiger partial charge on any atom is 0.253 e. The quantitative estimate of drug-likeness (QED) is 0.0622. The number of carbonyl (C=O) groups excluding carboxylic acids is 2. The summed E-state index contributed by atoms with van der Waals surface area (Å²) in [6, 6.07) is 26.1. The summed E-state index contributed by atoms with van der Waals surface area (Å²) in [5.41, 5.74) is 5.67. The van der Waals surface area contributed by atoms with E-state index in [0.29, 0.717) is 105 Å². The van der Waals surface area contributed by atoms with Gasteiger partial charge in [0.05, 0.1) is 86.9 Å². The Morgan fingerprint density at radius 2 is 0.955 bits per heavy atom. The lowest BCUT2D eigenvalue weighted by Crippen LogP contribution is -2.36. The molecule has 4 aromatic carbocycles. The number of hydrogen-bond acceptors (Lipinski definition) is 16. The van der Waals surface area contributed by atoms with E-state index in [4.69, 9.17) is 42.1 Å². The van der Waals surface area contributed by atoms with Crippen molar-refractivity contribution in [3.8, 4) is 11.5 Å². The van der Waals surface area contributed by atoms with Gasteiger partial charge in [-0.25, -0.2) is 9.97 Å². The smallest absolute Gasteiger partial charge is 0.253 e. The molecule has 0 aliphatic carbocycles. The van der Waals surface area contributed by atoms with Gasteiger partial charge in [0.1, 0.15) is 21.5 Å². The van der Waals surface area contributed by atoms with Crippen molar-refractivity contribution in [2.24, 2.45) is 0 Å². The van der Waals surface area contributed by atoms with Crippen molar-refractivity contribution in [1.82, 2.24) is 30.6 Å². The van der Waals surface area contributed by atoms with Crippen LogP contribution in [-0.2, 0) is 9.47 Å². The van der Waals surface area contributed by atoms with E-state index in [0.717, 1.165) is 37.6 Å². The average molecular weight is 938 g/mol. The van der Waals surface area contributed by atoms with Crippen LogP contribution in [0.2, 0.25) is 10.0 Å². The lowest BCUT2D eigenvalue weighted by molar-refractivity contribution is 0.0956. The number of morpholine rings is 2. The Morgan fingerprint density at radius 1 is 0.561 bits per heavy atom. The number of anilines is 10. The van der Waals surface area contributed by atoms with E-state index in [1.54, 1.807) is 64.7 Å². The van der Waals surface area contributed by atoms with Gasteiger partial charge in [-0.3, -0.25) is 9.59 Å². The lowest BCUT2D eigenvalue weighted by atomic mass is 10.1. The molecule has 4 heterocycles. The minimum atomic E-state index is -0.216. The number of para-hydroxylation sites is 2. The van der Waals surface area contributed by atoms with E-state index < -0.39 is 0 Å². The SMILES string of the molecule is CNC(=O)c1ccccc1Nc1nc(Nc2ccc(N3CCOCC3)cc2OC)ncc1Cl.CNC(=O)c1ccccc1Nc1nc(Nc2ccc(N3CCOCC3)cc2OC)ncc1Cl. The summed E-state index contributed by atoms with van der Waals surface area (Å²) >= 11 is 12.6. The van der Waals surface area contributed by atoms with Crippen LogP contribution in [0.5, 0.6) is 11.5 Å². The molecule has 2 fully saturated rings. The van der Waals surface area contributed by atoms with Crippen LogP contribution in [0, 0.1) is 0 Å². The second kappa shape index (κ2) is 22.7. The van der Waals surface area contributed by atoms with Crippen LogP contribution in [0.3, 0.4) is 0 Å². The molecule has 2 amide bonds. The topological polar surface area (TPSA) is 201 Å². The molecule has 0 radical (unpaired) electrons. The molecule has 66 heavy (non-hydrogen) atoms. The highest BCUT2D eigenvalue weighted by molar-refractivity contribution is 6.33. The molecule has 2 aliphatic rings. The number of nitrogens with zero attached hydrogens (tertiary/aromatic N) is 6. The van der Waals surface area contributed by atoms with Crippen molar-refractivity contribution in [3.63, 3.8) is 0 Å². The first kappa shape index (κ1) is 46.9. The molecule has 2 aliphatic heterocycles. The van der Waals surface area contributed by atoms with Crippen LogP contribution in [0.15, 0.2) is 97.3 Å². The predicted octanol–water partition coefficient (Wildman–Crippen LogP) is 7.64. The summed E-state index contributed by atoms with van der Waals surface area (Å²) in [7, 11) is 6.40. The number of amides is 2. The Hall–Kier alpha value is -7.12. The summed E-state index contributed by atoms with van der Waals surface area (Å²) in [6.07, 6.45) is 2.99. The van der Waals surface area contributed by atoms with Gasteiger partial charge < -0.3 is 60.6 Å². The van der Waals surface area contributed by atoms with Gasteiger partial charge in [0.2, 0.25) is 11.9 Å². The Kier molecular flexibility index (Phi) is 16.1. The Bertz CT molecular complexity index is 2450. The van der Waals surface area contributed by atoms with Gasteiger partial charge in [-0.05, 0) is 48.5 Å². The highest BCUT2D eigenvalue weighted by atomic mass is 35.5. The van der Waals surface area contributed by atoms with Crippen molar-refractivity contribution >= 4 is 92.7 Å². The monoisotopic (exact) mass is 936 g/mol. The summed E-state index contributed by atoms with van der Waals surface area (Å²) in [4.78, 5) is 46.4. The minimum Gasteiger partial charge on any atom is -0.494 e. The normalized spacial score (nSPS) is 13.4. The maximum absolute atomic E-state index is 12.2. The number of halogens is 2. The molecule has 6 N–H and O–H groups in total. The number of aromatic nitrogens is 4. The number of carbonyl (C=O) groups is 2. The fourth-order valence-electron chi connectivity index (χ4n) is 6.98. The summed E-state index contributed by atoms with van der Waals surface area (Å²) in [6.45, 7) is 6.18. The molecule has 0 atom stereocenters. The number of methoxy groups -OCH3 is 2. The summed E-state index contributed by atoms with van der Waals surface area (Å²) < 4.78 is 22.0. The molecular weight excluding hydrogens is 887 g/mol. The van der Waals surface area contributed by atoms with Crippen LogP contribution in [0.25, 0.3) is 0 Å². The molecule has 2 aromatic heterocycles. The highest BCUT2D eigenvalue weighted by Crippen LogP contribution is 2.35. The molecule has 6 aromatic rings. The van der Waals surface area contributed by atoms with E-state index in [1.165, 1.54) is 12.4 Å². The third-order valence-corrected chi connectivity index (χ3v) is 11.0. The fourth-order valence-corrected chi connectivity index (χ4v) is 7.26. The molecule has 0 saturated carbocycles. The van der Waals surface area contributed by atoms with E-state index in [2.05, 4.69) is 61.6 Å². The minimum absolute atomic E-state index is 0.216. The van der Waals surface area contributed by atoms with Crippen molar-refractivity contribution in [3.05, 3.63) is 118 Å². The molecule has 0 bridgehead atoms. The molecule has 0 spiro atoms. The molecule has 344 valence electrons. The average Bonchev–Trinajstić information content (AvgIpc) is 3.36. The van der Waals surface area contributed by atoms with E-state index in [-0.39, 0.29) is 11.8 Å². The molecule has 2 saturated heterocycles. The number of nitrogens with one attached hydrogen (secondary N) is 6. The van der Waals surface area contributed by atoms with E-state index >= 15 is 0 Å². The van der Waals surface area contributed by atoms with Crippen LogP contribution >= 0.6 is 23.2 Å². The largest absolute Gasteiger partial charge is 0.494 e.